The summed E-state index contributed by atoms with van der Waals surface area (Å²) >= 11 is 7.48. The quantitative estimate of drug-likeness (QED) is 0.916. The standard InChI is InChI=1S/C14H16ClNO2S/c1-17-11-4-3-5-12(18-2)14(11)10(16)8-9-6-7-13(15)19-9/h3-7,10H,8,16H2,1-2H3. The molecule has 3 nitrogen and oxygen atoms in total. The topological polar surface area (TPSA) is 44.5 Å². The van der Waals surface area contributed by atoms with E-state index in [1.807, 2.05) is 30.3 Å². The van der Waals surface area contributed by atoms with E-state index in [2.05, 4.69) is 0 Å². The van der Waals surface area contributed by atoms with E-state index in [1.54, 1.807) is 25.6 Å². The highest BCUT2D eigenvalue weighted by atomic mass is 35.5. The van der Waals surface area contributed by atoms with Crippen molar-refractivity contribution in [2.75, 3.05) is 14.2 Å². The zero-order valence-corrected chi connectivity index (χ0v) is 12.4. The van der Waals surface area contributed by atoms with Crippen LogP contribution < -0.4 is 15.2 Å². The number of rotatable bonds is 5. The third-order valence-corrected chi connectivity index (χ3v) is 4.14. The van der Waals surface area contributed by atoms with Gasteiger partial charge in [0.25, 0.3) is 0 Å². The number of nitrogens with two attached hydrogens (primary N) is 1. The highest BCUT2D eigenvalue weighted by molar-refractivity contribution is 7.16. The van der Waals surface area contributed by atoms with Gasteiger partial charge in [0.15, 0.2) is 0 Å². The van der Waals surface area contributed by atoms with Crippen molar-refractivity contribution in [2.45, 2.75) is 12.5 Å². The molecule has 1 atom stereocenters. The van der Waals surface area contributed by atoms with Crippen molar-refractivity contribution >= 4 is 22.9 Å². The molecule has 1 unspecified atom stereocenters. The predicted molar refractivity (Wildman–Crippen MR) is 79.5 cm³/mol. The molecule has 1 aromatic carbocycles. The minimum absolute atomic E-state index is 0.194. The molecule has 0 aliphatic heterocycles. The molecule has 19 heavy (non-hydrogen) atoms. The number of benzene rings is 1. The monoisotopic (exact) mass is 297 g/mol. The molecular weight excluding hydrogens is 282 g/mol. The number of halogens is 1. The van der Waals surface area contributed by atoms with Gasteiger partial charge in [0.2, 0.25) is 0 Å². The van der Waals surface area contributed by atoms with Crippen molar-refractivity contribution in [3.05, 3.63) is 45.1 Å². The molecule has 0 radical (unpaired) electrons. The Morgan fingerprint density at radius 2 is 1.79 bits per heavy atom. The van der Waals surface area contributed by atoms with E-state index in [0.717, 1.165) is 26.3 Å². The lowest BCUT2D eigenvalue weighted by molar-refractivity contribution is 0.379. The van der Waals surface area contributed by atoms with Gasteiger partial charge in [0, 0.05) is 17.3 Å². The summed E-state index contributed by atoms with van der Waals surface area (Å²) in [4.78, 5) is 1.14. The molecule has 0 amide bonds. The van der Waals surface area contributed by atoms with Gasteiger partial charge in [-0.15, -0.1) is 11.3 Å². The van der Waals surface area contributed by atoms with Crippen LogP contribution in [0.4, 0.5) is 0 Å². The summed E-state index contributed by atoms with van der Waals surface area (Å²) in [6.45, 7) is 0. The molecule has 0 saturated heterocycles. The maximum absolute atomic E-state index is 6.29. The van der Waals surface area contributed by atoms with Crippen LogP contribution in [0.25, 0.3) is 0 Å². The minimum Gasteiger partial charge on any atom is -0.496 e. The molecule has 0 fully saturated rings. The summed E-state index contributed by atoms with van der Waals surface area (Å²) in [5, 5.41) is 0. The Hall–Kier alpha value is -1.23. The van der Waals surface area contributed by atoms with Crippen LogP contribution in [-0.4, -0.2) is 14.2 Å². The second-order valence-electron chi connectivity index (χ2n) is 4.09. The molecule has 5 heteroatoms. The number of thiophene rings is 1. The van der Waals surface area contributed by atoms with Gasteiger partial charge < -0.3 is 15.2 Å². The zero-order chi connectivity index (χ0) is 13.8. The van der Waals surface area contributed by atoms with Crippen LogP contribution in [0.2, 0.25) is 4.34 Å². The Balaban J connectivity index is 2.29. The smallest absolute Gasteiger partial charge is 0.127 e. The third kappa shape index (κ3) is 3.21. The molecule has 1 aromatic heterocycles. The molecule has 2 aromatic rings. The number of methoxy groups -OCH3 is 2. The maximum Gasteiger partial charge on any atom is 0.127 e. The highest BCUT2D eigenvalue weighted by Crippen LogP contribution is 2.35. The van der Waals surface area contributed by atoms with E-state index in [0.29, 0.717) is 6.42 Å². The molecule has 2 N–H and O–H groups in total. The first-order valence-electron chi connectivity index (χ1n) is 5.86. The fourth-order valence-corrected chi connectivity index (χ4v) is 3.17. The van der Waals surface area contributed by atoms with Gasteiger partial charge >= 0.3 is 0 Å². The summed E-state index contributed by atoms with van der Waals surface area (Å²) < 4.78 is 11.5. The summed E-state index contributed by atoms with van der Waals surface area (Å²) in [6.07, 6.45) is 0.702. The Morgan fingerprint density at radius 3 is 2.26 bits per heavy atom. The van der Waals surface area contributed by atoms with E-state index in [1.165, 1.54) is 0 Å². The lowest BCUT2D eigenvalue weighted by Crippen LogP contribution is -2.15. The van der Waals surface area contributed by atoms with Gasteiger partial charge in [-0.1, -0.05) is 17.7 Å². The largest absolute Gasteiger partial charge is 0.496 e. The van der Waals surface area contributed by atoms with Gasteiger partial charge in [-0.3, -0.25) is 0 Å². The lowest BCUT2D eigenvalue weighted by Gasteiger charge is -2.18. The SMILES string of the molecule is COc1cccc(OC)c1C(N)Cc1ccc(Cl)s1. The molecule has 2 rings (SSSR count). The van der Waals surface area contributed by atoms with Crippen LogP contribution in [0, 0.1) is 0 Å². The van der Waals surface area contributed by atoms with E-state index >= 15 is 0 Å². The fraction of sp³-hybridized carbons (Fsp3) is 0.286. The van der Waals surface area contributed by atoms with Crippen molar-refractivity contribution in [1.82, 2.24) is 0 Å². The van der Waals surface area contributed by atoms with E-state index < -0.39 is 0 Å². The Bertz CT molecular complexity index is 534. The first-order valence-corrected chi connectivity index (χ1v) is 7.05. The van der Waals surface area contributed by atoms with Crippen LogP contribution in [0.5, 0.6) is 11.5 Å². The number of hydrogen-bond donors (Lipinski definition) is 1. The van der Waals surface area contributed by atoms with Gasteiger partial charge in [-0.2, -0.15) is 0 Å². The normalized spacial score (nSPS) is 12.2. The highest BCUT2D eigenvalue weighted by Gasteiger charge is 2.18. The molecule has 0 spiro atoms. The average molecular weight is 298 g/mol. The summed E-state index contributed by atoms with van der Waals surface area (Å²) in [7, 11) is 3.26. The van der Waals surface area contributed by atoms with Crippen molar-refractivity contribution in [2.24, 2.45) is 5.73 Å². The summed E-state index contributed by atoms with van der Waals surface area (Å²) in [5.41, 5.74) is 7.18. The molecule has 0 bridgehead atoms. The van der Waals surface area contributed by atoms with E-state index in [-0.39, 0.29) is 6.04 Å². The zero-order valence-electron chi connectivity index (χ0n) is 10.9. The van der Waals surface area contributed by atoms with Crippen LogP contribution in [0.15, 0.2) is 30.3 Å². The Morgan fingerprint density at radius 1 is 1.16 bits per heavy atom. The first-order chi connectivity index (χ1) is 9.15. The number of hydrogen-bond acceptors (Lipinski definition) is 4. The van der Waals surface area contributed by atoms with Crippen molar-refractivity contribution in [1.29, 1.82) is 0 Å². The number of ether oxygens (including phenoxy) is 2. The van der Waals surface area contributed by atoms with Crippen LogP contribution >= 0.6 is 22.9 Å². The second kappa shape index (κ2) is 6.28. The molecule has 102 valence electrons. The fourth-order valence-electron chi connectivity index (χ4n) is 2.03. The van der Waals surface area contributed by atoms with Gasteiger partial charge in [-0.25, -0.2) is 0 Å². The van der Waals surface area contributed by atoms with E-state index in [9.17, 15) is 0 Å². The van der Waals surface area contributed by atoms with Gasteiger partial charge in [0.1, 0.15) is 11.5 Å². The minimum atomic E-state index is -0.194. The molecule has 1 heterocycles. The Kier molecular flexibility index (Phi) is 4.69. The first kappa shape index (κ1) is 14.2. The van der Waals surface area contributed by atoms with Gasteiger partial charge in [0.05, 0.1) is 24.1 Å². The maximum atomic E-state index is 6.29. The van der Waals surface area contributed by atoms with Crippen LogP contribution in [0.1, 0.15) is 16.5 Å². The van der Waals surface area contributed by atoms with E-state index in [4.69, 9.17) is 26.8 Å². The average Bonchev–Trinajstić information content (AvgIpc) is 2.82. The molecular formula is C14H16ClNO2S. The second-order valence-corrected chi connectivity index (χ2v) is 5.89. The summed E-state index contributed by atoms with van der Waals surface area (Å²) in [6, 6.07) is 9.34. The predicted octanol–water partition coefficient (Wildman–Crippen LogP) is 3.66. The summed E-state index contributed by atoms with van der Waals surface area (Å²) in [5.74, 6) is 1.49. The van der Waals surface area contributed by atoms with Crippen LogP contribution in [-0.2, 0) is 6.42 Å². The third-order valence-electron chi connectivity index (χ3n) is 2.89. The lowest BCUT2D eigenvalue weighted by atomic mass is 10.0. The van der Waals surface area contributed by atoms with Gasteiger partial charge in [-0.05, 0) is 24.3 Å². The van der Waals surface area contributed by atoms with Crippen molar-refractivity contribution in [3.63, 3.8) is 0 Å². The van der Waals surface area contributed by atoms with Crippen LogP contribution in [0.3, 0.4) is 0 Å². The molecule has 0 aliphatic carbocycles. The molecule has 0 aliphatic rings. The van der Waals surface area contributed by atoms with Crippen molar-refractivity contribution < 1.29 is 9.47 Å². The molecule has 0 saturated carbocycles. The Labute approximate surface area is 121 Å². The van der Waals surface area contributed by atoms with Crippen molar-refractivity contribution in [3.8, 4) is 11.5 Å².